The smallest absolute Gasteiger partial charge is 0.269 e. The highest BCUT2D eigenvalue weighted by Crippen LogP contribution is 2.25. The Bertz CT molecular complexity index is 629. The average Bonchev–Trinajstić information content (AvgIpc) is 2.84. The van der Waals surface area contributed by atoms with Gasteiger partial charge in [0, 0.05) is 5.69 Å². The molecule has 1 aromatic heterocycles. The molecule has 1 aromatic carbocycles. The molecule has 0 unspecified atom stereocenters. The predicted octanol–water partition coefficient (Wildman–Crippen LogP) is 3.56. The number of aromatic nitrogens is 2. The molecular weight excluding hydrogens is 333 g/mol. The maximum absolute atomic E-state index is 13.5. The van der Waals surface area contributed by atoms with Crippen LogP contribution in [0.25, 0.3) is 0 Å². The van der Waals surface area contributed by atoms with Crippen LogP contribution in [0.3, 0.4) is 0 Å². The zero-order valence-electron chi connectivity index (χ0n) is 10.3. The number of carbonyl (C=O) groups excluding carboxylic acids is 1. The fraction of sp³-hybridized carbons (Fsp3) is 0.250. The number of carbonyl (C=O) groups is 1. The Balaban J connectivity index is 2.27. The molecule has 0 atom stereocenters. The molecule has 2 rings (SSSR count). The van der Waals surface area contributed by atoms with Crippen molar-refractivity contribution in [3.8, 4) is 0 Å². The maximum atomic E-state index is 13.5. The Kier molecular flexibility index (Phi) is 4.26. The molecule has 1 amide bonds. The van der Waals surface area contributed by atoms with E-state index in [4.69, 9.17) is 0 Å². The van der Waals surface area contributed by atoms with E-state index in [0.29, 0.717) is 27.2 Å². The minimum absolute atomic E-state index is 0.309. The van der Waals surface area contributed by atoms with Crippen molar-refractivity contribution in [2.45, 2.75) is 20.3 Å². The molecular formula is C12H11BrFN3OS. The summed E-state index contributed by atoms with van der Waals surface area (Å²) in [4.78, 5) is 12.6. The number of aryl methyl sites for hydroxylation is 2. The number of amides is 1. The van der Waals surface area contributed by atoms with Crippen molar-refractivity contribution in [2.75, 3.05) is 5.32 Å². The van der Waals surface area contributed by atoms with Crippen LogP contribution >= 0.6 is 27.5 Å². The van der Waals surface area contributed by atoms with E-state index in [0.717, 1.165) is 17.1 Å². The predicted molar refractivity (Wildman–Crippen MR) is 76.1 cm³/mol. The van der Waals surface area contributed by atoms with E-state index < -0.39 is 5.82 Å². The average molecular weight is 344 g/mol. The second kappa shape index (κ2) is 5.75. The second-order valence-corrected chi connectivity index (χ2v) is 5.55. The number of nitrogens with one attached hydrogen (secondary N) is 1. The highest BCUT2D eigenvalue weighted by molar-refractivity contribution is 9.10. The van der Waals surface area contributed by atoms with Gasteiger partial charge in [0.2, 0.25) is 0 Å². The van der Waals surface area contributed by atoms with Crippen LogP contribution in [0.4, 0.5) is 10.1 Å². The first-order chi connectivity index (χ1) is 9.02. The van der Waals surface area contributed by atoms with Crippen molar-refractivity contribution < 1.29 is 9.18 Å². The molecule has 2 aromatic rings. The first-order valence-corrected chi connectivity index (χ1v) is 7.17. The summed E-state index contributed by atoms with van der Waals surface area (Å²) in [7, 11) is 0. The van der Waals surface area contributed by atoms with E-state index in [9.17, 15) is 9.18 Å². The summed E-state index contributed by atoms with van der Waals surface area (Å²) in [5.74, 6) is -0.726. The van der Waals surface area contributed by atoms with Crippen molar-refractivity contribution in [2.24, 2.45) is 0 Å². The van der Waals surface area contributed by atoms with Crippen LogP contribution in [0.5, 0.6) is 0 Å². The molecule has 0 radical (unpaired) electrons. The number of anilines is 1. The number of hydrogen-bond donors (Lipinski definition) is 1. The molecule has 7 heteroatoms. The van der Waals surface area contributed by atoms with Crippen molar-refractivity contribution in [1.29, 1.82) is 0 Å². The molecule has 19 heavy (non-hydrogen) atoms. The van der Waals surface area contributed by atoms with E-state index >= 15 is 0 Å². The van der Waals surface area contributed by atoms with Crippen LogP contribution in [0.1, 0.15) is 27.9 Å². The molecule has 0 aliphatic carbocycles. The number of rotatable bonds is 3. The normalized spacial score (nSPS) is 10.5. The lowest BCUT2D eigenvalue weighted by Gasteiger charge is -2.08. The van der Waals surface area contributed by atoms with Crippen LogP contribution in [0.2, 0.25) is 0 Å². The van der Waals surface area contributed by atoms with Crippen LogP contribution in [-0.4, -0.2) is 15.5 Å². The molecule has 0 saturated heterocycles. The lowest BCUT2D eigenvalue weighted by atomic mass is 10.2. The van der Waals surface area contributed by atoms with Crippen LogP contribution in [0, 0.1) is 12.7 Å². The fourth-order valence-electron chi connectivity index (χ4n) is 1.57. The molecule has 4 nitrogen and oxygen atoms in total. The third kappa shape index (κ3) is 2.98. The number of benzene rings is 1. The van der Waals surface area contributed by atoms with Gasteiger partial charge in [0.05, 0.1) is 10.2 Å². The lowest BCUT2D eigenvalue weighted by molar-refractivity contribution is 0.102. The van der Waals surface area contributed by atoms with Crippen molar-refractivity contribution in [3.05, 3.63) is 38.6 Å². The van der Waals surface area contributed by atoms with E-state index in [1.807, 2.05) is 6.92 Å². The van der Waals surface area contributed by atoms with Gasteiger partial charge in [-0.05, 0) is 58.5 Å². The fourth-order valence-corrected chi connectivity index (χ4v) is 2.68. The Hall–Kier alpha value is -1.34. The molecule has 1 N–H and O–H groups in total. The van der Waals surface area contributed by atoms with Gasteiger partial charge >= 0.3 is 0 Å². The number of nitrogens with zero attached hydrogens (tertiary/aromatic N) is 2. The van der Waals surface area contributed by atoms with E-state index in [1.165, 1.54) is 6.07 Å². The van der Waals surface area contributed by atoms with Gasteiger partial charge in [-0.15, -0.1) is 5.10 Å². The summed E-state index contributed by atoms with van der Waals surface area (Å²) >= 11 is 4.14. The Morgan fingerprint density at radius 1 is 1.53 bits per heavy atom. The topological polar surface area (TPSA) is 54.9 Å². The van der Waals surface area contributed by atoms with Gasteiger partial charge in [0.15, 0.2) is 0 Å². The highest BCUT2D eigenvalue weighted by atomic mass is 79.9. The van der Waals surface area contributed by atoms with Crippen molar-refractivity contribution >= 4 is 39.1 Å². The largest absolute Gasteiger partial charge is 0.321 e. The zero-order chi connectivity index (χ0) is 14.0. The molecule has 0 aliphatic rings. The van der Waals surface area contributed by atoms with Gasteiger partial charge in [0.1, 0.15) is 10.7 Å². The van der Waals surface area contributed by atoms with E-state index in [1.54, 1.807) is 13.0 Å². The molecule has 0 aliphatic heterocycles. The summed E-state index contributed by atoms with van der Waals surface area (Å²) in [5, 5.41) is 6.56. The van der Waals surface area contributed by atoms with Gasteiger partial charge in [-0.3, -0.25) is 4.79 Å². The summed E-state index contributed by atoms with van der Waals surface area (Å²) in [6, 6.07) is 2.91. The molecule has 0 fully saturated rings. The van der Waals surface area contributed by atoms with Gasteiger partial charge < -0.3 is 5.32 Å². The summed E-state index contributed by atoms with van der Waals surface area (Å²) in [6.45, 7) is 3.70. The van der Waals surface area contributed by atoms with E-state index in [-0.39, 0.29) is 5.91 Å². The minimum Gasteiger partial charge on any atom is -0.321 e. The molecule has 0 saturated carbocycles. The summed E-state index contributed by atoms with van der Waals surface area (Å²) in [6.07, 6.45) is 0.632. The highest BCUT2D eigenvalue weighted by Gasteiger charge is 2.16. The van der Waals surface area contributed by atoms with Gasteiger partial charge in [-0.1, -0.05) is 11.4 Å². The number of hydrogen-bond acceptors (Lipinski definition) is 4. The zero-order valence-corrected chi connectivity index (χ0v) is 12.7. The molecule has 0 bridgehead atoms. The SMILES string of the molecule is CCc1nnsc1C(=O)Nc1cc(F)c(Br)cc1C. The maximum Gasteiger partial charge on any atom is 0.269 e. The summed E-state index contributed by atoms with van der Waals surface area (Å²) in [5.41, 5.74) is 1.87. The molecule has 0 spiro atoms. The third-order valence-electron chi connectivity index (χ3n) is 2.61. The van der Waals surface area contributed by atoms with Crippen LogP contribution in [0.15, 0.2) is 16.6 Å². The summed E-state index contributed by atoms with van der Waals surface area (Å²) < 4.78 is 17.6. The third-order valence-corrected chi connectivity index (χ3v) is 3.99. The van der Waals surface area contributed by atoms with Crippen molar-refractivity contribution in [1.82, 2.24) is 9.59 Å². The monoisotopic (exact) mass is 343 g/mol. The molecule has 1 heterocycles. The Morgan fingerprint density at radius 3 is 2.95 bits per heavy atom. The first-order valence-electron chi connectivity index (χ1n) is 5.61. The van der Waals surface area contributed by atoms with Gasteiger partial charge in [0.25, 0.3) is 5.91 Å². The number of halogens is 2. The van der Waals surface area contributed by atoms with Gasteiger partial charge in [-0.2, -0.15) is 0 Å². The quantitative estimate of drug-likeness (QED) is 0.926. The first kappa shape index (κ1) is 14.1. The van der Waals surface area contributed by atoms with Crippen molar-refractivity contribution in [3.63, 3.8) is 0 Å². The Labute approximate surface area is 122 Å². The lowest BCUT2D eigenvalue weighted by Crippen LogP contribution is -2.13. The molecule has 100 valence electrons. The van der Waals surface area contributed by atoms with Crippen LogP contribution in [-0.2, 0) is 6.42 Å². The second-order valence-electron chi connectivity index (χ2n) is 3.94. The van der Waals surface area contributed by atoms with Crippen LogP contribution < -0.4 is 5.32 Å². The standard InChI is InChI=1S/C12H11BrFN3OS/c1-3-9-11(19-17-16-9)12(18)15-10-5-8(14)7(13)4-6(10)2/h4-5H,3H2,1-2H3,(H,15,18). The minimum atomic E-state index is -0.418. The van der Waals surface area contributed by atoms with E-state index in [2.05, 4.69) is 30.8 Å². The van der Waals surface area contributed by atoms with Gasteiger partial charge in [-0.25, -0.2) is 4.39 Å². The Morgan fingerprint density at radius 2 is 2.26 bits per heavy atom.